The average molecular weight is 445 g/mol. The largest absolute Gasteiger partial charge is 0.618 e. The zero-order valence-electron chi connectivity index (χ0n) is 17.1. The van der Waals surface area contributed by atoms with E-state index in [1.165, 1.54) is 17.0 Å². The molecule has 3 aromatic rings. The molecule has 0 spiro atoms. The van der Waals surface area contributed by atoms with E-state index in [0.717, 1.165) is 27.1 Å². The molecule has 0 aliphatic carbocycles. The van der Waals surface area contributed by atoms with Crippen molar-refractivity contribution in [2.45, 2.75) is 32.3 Å². The number of halogens is 3. The van der Waals surface area contributed by atoms with E-state index >= 15 is 0 Å². The number of hydrogen-bond donors (Lipinski definition) is 0. The Hall–Kier alpha value is -3.82. The fraction of sp³-hybridized carbons (Fsp3) is 0.227. The minimum atomic E-state index is -4.85. The highest BCUT2D eigenvalue weighted by Gasteiger charge is 2.52. The number of para-hydroxylation sites is 1. The van der Waals surface area contributed by atoms with Gasteiger partial charge in [0.15, 0.2) is 0 Å². The maximum Gasteiger partial charge on any atom is 0.573 e. The summed E-state index contributed by atoms with van der Waals surface area (Å²) in [5, 5.41) is 13.5. The van der Waals surface area contributed by atoms with Crippen molar-refractivity contribution >= 4 is 28.5 Å². The number of alkyl halides is 3. The molecule has 2 aromatic carbocycles. The molecule has 1 saturated heterocycles. The van der Waals surface area contributed by atoms with Gasteiger partial charge in [-0.05, 0) is 50.2 Å². The van der Waals surface area contributed by atoms with E-state index in [1.54, 1.807) is 50.2 Å². The summed E-state index contributed by atoms with van der Waals surface area (Å²) < 4.78 is 41.7. The second-order valence-electron chi connectivity index (χ2n) is 7.79. The number of rotatable bonds is 4. The van der Waals surface area contributed by atoms with Crippen LogP contribution >= 0.6 is 0 Å². The van der Waals surface area contributed by atoms with Crippen molar-refractivity contribution in [3.05, 3.63) is 71.6 Å². The van der Waals surface area contributed by atoms with Crippen molar-refractivity contribution in [3.63, 3.8) is 0 Å². The average Bonchev–Trinajstić information content (AvgIpc) is 2.89. The molecule has 10 heteroatoms. The number of pyridine rings is 1. The number of benzene rings is 2. The van der Waals surface area contributed by atoms with Crippen LogP contribution in [-0.4, -0.2) is 28.7 Å². The first-order valence-electron chi connectivity index (χ1n) is 9.61. The third-order valence-corrected chi connectivity index (χ3v) is 5.34. The molecule has 2 heterocycles. The molecule has 0 atom stereocenters. The number of nitrogens with zero attached hydrogens (tertiary/aromatic N) is 3. The highest BCUT2D eigenvalue weighted by atomic mass is 19.4. The third kappa shape index (κ3) is 3.68. The summed E-state index contributed by atoms with van der Waals surface area (Å²) in [4.78, 5) is 28.3. The molecule has 0 bridgehead atoms. The Kier molecular flexibility index (Phi) is 4.95. The minimum absolute atomic E-state index is 0.0959. The Bertz CT molecular complexity index is 1210. The van der Waals surface area contributed by atoms with Gasteiger partial charge in [0.25, 0.3) is 5.91 Å². The van der Waals surface area contributed by atoms with E-state index < -0.39 is 29.6 Å². The first kappa shape index (κ1) is 21.4. The topological polar surface area (TPSA) is 76.8 Å². The van der Waals surface area contributed by atoms with Gasteiger partial charge in [-0.1, -0.05) is 12.1 Å². The van der Waals surface area contributed by atoms with Crippen LogP contribution in [0.2, 0.25) is 0 Å². The lowest BCUT2D eigenvalue weighted by Crippen LogP contribution is -2.46. The molecule has 0 unspecified atom stereocenters. The van der Waals surface area contributed by atoms with Crippen molar-refractivity contribution in [1.29, 1.82) is 0 Å². The van der Waals surface area contributed by atoms with Gasteiger partial charge in [0.05, 0.1) is 5.69 Å². The number of ether oxygens (including phenoxy) is 1. The monoisotopic (exact) mass is 445 g/mol. The van der Waals surface area contributed by atoms with Crippen LogP contribution in [0.4, 0.5) is 23.7 Å². The molecule has 4 rings (SSSR count). The van der Waals surface area contributed by atoms with Crippen LogP contribution in [0, 0.1) is 5.21 Å². The van der Waals surface area contributed by atoms with Crippen molar-refractivity contribution in [2.75, 3.05) is 4.90 Å². The van der Waals surface area contributed by atoms with Crippen molar-refractivity contribution in [3.8, 4) is 5.75 Å². The van der Waals surface area contributed by atoms with Gasteiger partial charge in [-0.2, -0.15) is 4.73 Å². The van der Waals surface area contributed by atoms with Gasteiger partial charge in [0.2, 0.25) is 11.2 Å². The summed E-state index contributed by atoms with van der Waals surface area (Å²) in [5.74, 6) is -1.04. The Balaban J connectivity index is 1.64. The van der Waals surface area contributed by atoms with Gasteiger partial charge in [-0.15, -0.1) is 13.2 Å². The van der Waals surface area contributed by atoms with Crippen molar-refractivity contribution in [2.24, 2.45) is 0 Å². The molecule has 3 amide bonds. The summed E-state index contributed by atoms with van der Waals surface area (Å²) >= 11 is 0. The van der Waals surface area contributed by atoms with Crippen LogP contribution in [0.15, 0.2) is 60.7 Å². The van der Waals surface area contributed by atoms with E-state index in [1.807, 2.05) is 0 Å². The quantitative estimate of drug-likeness (QED) is 0.344. The normalized spacial score (nSPS) is 16.2. The maximum atomic E-state index is 13.1. The molecule has 0 radical (unpaired) electrons. The number of hydrogen-bond acceptors (Lipinski definition) is 4. The minimum Gasteiger partial charge on any atom is -0.618 e. The van der Waals surface area contributed by atoms with E-state index in [9.17, 15) is 28.0 Å². The molecule has 166 valence electrons. The molecule has 1 aliphatic heterocycles. The molecule has 32 heavy (non-hydrogen) atoms. The van der Waals surface area contributed by atoms with Gasteiger partial charge in [0, 0.05) is 17.5 Å². The van der Waals surface area contributed by atoms with Crippen LogP contribution in [0.1, 0.15) is 19.5 Å². The molecule has 7 nitrogen and oxygen atoms in total. The summed E-state index contributed by atoms with van der Waals surface area (Å²) in [6, 6.07) is 14.1. The number of carbonyl (C=O) groups excluding carboxylic acids is 2. The van der Waals surface area contributed by atoms with Crippen LogP contribution in [0.5, 0.6) is 5.75 Å². The lowest BCUT2D eigenvalue weighted by molar-refractivity contribution is -0.587. The van der Waals surface area contributed by atoms with E-state index in [2.05, 4.69) is 4.74 Å². The van der Waals surface area contributed by atoms with E-state index in [-0.39, 0.29) is 17.9 Å². The number of amides is 3. The number of urea groups is 1. The maximum absolute atomic E-state index is 13.1. The SMILES string of the molecule is CC1(C)C(=O)N(c2ccc(OC(F)(F)F)cc2)C(=O)N1Cc1ccc2ccccc2[n+]1[O-]. The van der Waals surface area contributed by atoms with Crippen LogP contribution in [0.25, 0.3) is 10.9 Å². The Morgan fingerprint density at radius 1 is 1.00 bits per heavy atom. The highest BCUT2D eigenvalue weighted by molar-refractivity contribution is 6.22. The first-order chi connectivity index (χ1) is 15.0. The molecule has 1 aromatic heterocycles. The highest BCUT2D eigenvalue weighted by Crippen LogP contribution is 2.34. The van der Waals surface area contributed by atoms with Gasteiger partial charge in [0.1, 0.15) is 17.8 Å². The molecule has 0 N–H and O–H groups in total. The summed E-state index contributed by atoms with van der Waals surface area (Å²) in [6.45, 7) is 2.97. The van der Waals surface area contributed by atoms with Gasteiger partial charge < -0.3 is 9.94 Å². The number of imide groups is 1. The predicted molar refractivity (Wildman–Crippen MR) is 109 cm³/mol. The van der Waals surface area contributed by atoms with E-state index in [4.69, 9.17) is 0 Å². The van der Waals surface area contributed by atoms with Crippen molar-refractivity contribution < 1.29 is 32.2 Å². The van der Waals surface area contributed by atoms with Gasteiger partial charge in [-0.25, -0.2) is 9.69 Å². The number of carbonyl (C=O) groups is 2. The van der Waals surface area contributed by atoms with E-state index in [0.29, 0.717) is 5.52 Å². The smallest absolute Gasteiger partial charge is 0.573 e. The Labute approximate surface area is 180 Å². The molecular weight excluding hydrogens is 427 g/mol. The zero-order chi connectivity index (χ0) is 23.3. The summed E-state index contributed by atoms with van der Waals surface area (Å²) in [5.41, 5.74) is -0.484. The predicted octanol–water partition coefficient (Wildman–Crippen LogP) is 4.12. The van der Waals surface area contributed by atoms with Gasteiger partial charge >= 0.3 is 12.4 Å². The Morgan fingerprint density at radius 3 is 2.31 bits per heavy atom. The number of aromatic nitrogens is 1. The molecule has 0 saturated carbocycles. The van der Waals surface area contributed by atoms with Gasteiger partial charge in [-0.3, -0.25) is 9.69 Å². The Morgan fingerprint density at radius 2 is 1.66 bits per heavy atom. The lowest BCUT2D eigenvalue weighted by Gasteiger charge is -2.26. The summed E-state index contributed by atoms with van der Waals surface area (Å²) in [7, 11) is 0. The number of fused-ring (bicyclic) bond motifs is 1. The molecule has 1 fully saturated rings. The zero-order valence-corrected chi connectivity index (χ0v) is 17.1. The van der Waals surface area contributed by atoms with Crippen LogP contribution in [0.3, 0.4) is 0 Å². The summed E-state index contributed by atoms with van der Waals surface area (Å²) in [6.07, 6.45) is -4.85. The third-order valence-electron chi connectivity index (χ3n) is 5.34. The first-order valence-corrected chi connectivity index (χ1v) is 9.61. The number of anilines is 1. The van der Waals surface area contributed by atoms with Crippen LogP contribution in [-0.2, 0) is 11.3 Å². The van der Waals surface area contributed by atoms with Crippen LogP contribution < -0.4 is 14.4 Å². The molecule has 1 aliphatic rings. The second-order valence-corrected chi connectivity index (χ2v) is 7.79. The van der Waals surface area contributed by atoms with Crippen molar-refractivity contribution in [1.82, 2.24) is 4.90 Å². The lowest BCUT2D eigenvalue weighted by atomic mass is 10.0. The fourth-order valence-corrected chi connectivity index (χ4v) is 3.63. The fourth-order valence-electron chi connectivity index (χ4n) is 3.63. The standard InChI is InChI=1S/C22H18F3N3O4/c1-21(2)19(29)27(15-9-11-17(12-10-15)32-22(23,24)25)20(30)26(21)13-16-8-7-14-5-3-4-6-18(14)28(16)31/h3-12H,13H2,1-2H3. The second kappa shape index (κ2) is 7.40. The molecular formula is C22H18F3N3O4.